The first kappa shape index (κ1) is 15.8. The lowest BCUT2D eigenvalue weighted by Gasteiger charge is -2.07. The van der Waals surface area contributed by atoms with Gasteiger partial charge in [0, 0.05) is 5.69 Å². The van der Waals surface area contributed by atoms with E-state index in [1.807, 2.05) is 0 Å². The van der Waals surface area contributed by atoms with Gasteiger partial charge in [-0.15, -0.1) is 0 Å². The smallest absolute Gasteiger partial charge is 0.387 e. The summed E-state index contributed by atoms with van der Waals surface area (Å²) in [5.74, 6) is 1.34. The lowest BCUT2D eigenvalue weighted by molar-refractivity contribution is -0.113. The summed E-state index contributed by atoms with van der Waals surface area (Å²) in [5.41, 5.74) is 0.572. The fourth-order valence-electron chi connectivity index (χ4n) is 1.33. The molecule has 106 valence electrons. The Morgan fingerprint density at radius 2 is 2.05 bits per heavy atom. The minimum Gasteiger partial charge on any atom is -0.435 e. The third-order valence-corrected chi connectivity index (χ3v) is 3.28. The zero-order valence-electron chi connectivity index (χ0n) is 10.7. The van der Waals surface area contributed by atoms with Gasteiger partial charge in [-0.05, 0) is 36.4 Å². The Balaban J connectivity index is 2.34. The van der Waals surface area contributed by atoms with Crippen LogP contribution in [0.25, 0.3) is 0 Å². The van der Waals surface area contributed by atoms with E-state index in [1.54, 1.807) is 11.8 Å². The molecule has 1 aromatic rings. The van der Waals surface area contributed by atoms with Crippen molar-refractivity contribution < 1.29 is 18.3 Å². The van der Waals surface area contributed by atoms with Crippen LogP contribution in [0.3, 0.4) is 0 Å². The van der Waals surface area contributed by atoms with Crippen LogP contribution in [0.1, 0.15) is 19.8 Å². The molecule has 0 atom stereocenters. The summed E-state index contributed by atoms with van der Waals surface area (Å²) in [6, 6.07) is 5.86. The third-order valence-electron chi connectivity index (χ3n) is 2.24. The van der Waals surface area contributed by atoms with E-state index in [0.29, 0.717) is 11.4 Å². The lowest BCUT2D eigenvalue weighted by Crippen LogP contribution is -2.14. The van der Waals surface area contributed by atoms with Crippen LogP contribution in [0.2, 0.25) is 0 Å². The van der Waals surface area contributed by atoms with Crippen molar-refractivity contribution in [3.05, 3.63) is 24.3 Å². The molecule has 1 amide bonds. The van der Waals surface area contributed by atoms with E-state index in [0.717, 1.165) is 18.6 Å². The number of amides is 1. The van der Waals surface area contributed by atoms with Crippen LogP contribution < -0.4 is 10.1 Å². The van der Waals surface area contributed by atoms with Crippen molar-refractivity contribution in [2.45, 2.75) is 26.4 Å². The second-order valence-corrected chi connectivity index (χ2v) is 4.96. The van der Waals surface area contributed by atoms with Crippen molar-refractivity contribution in [2.24, 2.45) is 0 Å². The maximum atomic E-state index is 11.9. The lowest BCUT2D eigenvalue weighted by atomic mass is 10.3. The summed E-state index contributed by atoms with van der Waals surface area (Å²) in [5, 5.41) is 2.70. The molecule has 0 spiro atoms. The largest absolute Gasteiger partial charge is 0.435 e. The number of hydrogen-bond acceptors (Lipinski definition) is 3. The number of nitrogens with one attached hydrogen (secondary N) is 1. The van der Waals surface area contributed by atoms with Crippen molar-refractivity contribution in [3.8, 4) is 5.75 Å². The molecule has 0 saturated heterocycles. The molecule has 19 heavy (non-hydrogen) atoms. The van der Waals surface area contributed by atoms with Gasteiger partial charge in [-0.25, -0.2) is 0 Å². The molecule has 0 radical (unpaired) electrons. The molecule has 0 aromatic heterocycles. The van der Waals surface area contributed by atoms with Crippen molar-refractivity contribution in [1.82, 2.24) is 0 Å². The third kappa shape index (κ3) is 7.00. The number of carbonyl (C=O) groups is 1. The topological polar surface area (TPSA) is 38.3 Å². The Morgan fingerprint density at radius 3 is 2.63 bits per heavy atom. The summed E-state index contributed by atoms with van der Waals surface area (Å²) < 4.78 is 28.1. The predicted molar refractivity (Wildman–Crippen MR) is 73.9 cm³/mol. The normalized spacial score (nSPS) is 10.5. The van der Waals surface area contributed by atoms with Gasteiger partial charge in [0.15, 0.2) is 0 Å². The van der Waals surface area contributed by atoms with E-state index in [1.165, 1.54) is 24.3 Å². The average Bonchev–Trinajstić information content (AvgIpc) is 2.36. The second-order valence-electron chi connectivity index (χ2n) is 3.86. The highest BCUT2D eigenvalue weighted by molar-refractivity contribution is 7.99. The van der Waals surface area contributed by atoms with Crippen LogP contribution in [0, 0.1) is 0 Å². The fraction of sp³-hybridized carbons (Fsp3) is 0.462. The maximum absolute atomic E-state index is 11.9. The van der Waals surface area contributed by atoms with Crippen LogP contribution >= 0.6 is 11.8 Å². The highest BCUT2D eigenvalue weighted by Crippen LogP contribution is 2.18. The monoisotopic (exact) mass is 289 g/mol. The van der Waals surface area contributed by atoms with Crippen LogP contribution in [-0.4, -0.2) is 24.0 Å². The molecule has 3 nitrogen and oxygen atoms in total. The number of anilines is 1. The van der Waals surface area contributed by atoms with Gasteiger partial charge in [-0.1, -0.05) is 13.3 Å². The Kier molecular flexibility index (Phi) is 7.25. The Labute approximate surface area is 115 Å². The fourth-order valence-corrected chi connectivity index (χ4v) is 2.22. The number of ether oxygens (including phenoxy) is 1. The Morgan fingerprint density at radius 1 is 1.37 bits per heavy atom. The molecule has 0 bridgehead atoms. The van der Waals surface area contributed by atoms with E-state index in [2.05, 4.69) is 17.0 Å². The second kappa shape index (κ2) is 8.74. The summed E-state index contributed by atoms with van der Waals surface area (Å²) >= 11 is 1.58. The van der Waals surface area contributed by atoms with E-state index < -0.39 is 6.61 Å². The van der Waals surface area contributed by atoms with Gasteiger partial charge >= 0.3 is 6.61 Å². The van der Waals surface area contributed by atoms with E-state index >= 15 is 0 Å². The van der Waals surface area contributed by atoms with E-state index in [-0.39, 0.29) is 11.7 Å². The Hall–Kier alpha value is -1.30. The van der Waals surface area contributed by atoms with Crippen LogP contribution in [0.5, 0.6) is 5.75 Å². The molecule has 0 heterocycles. The molecule has 0 unspecified atom stereocenters. The van der Waals surface area contributed by atoms with E-state index in [4.69, 9.17) is 0 Å². The van der Waals surface area contributed by atoms with Crippen LogP contribution in [-0.2, 0) is 4.79 Å². The van der Waals surface area contributed by atoms with Gasteiger partial charge in [-0.3, -0.25) is 4.79 Å². The van der Waals surface area contributed by atoms with Gasteiger partial charge < -0.3 is 10.1 Å². The number of alkyl halides is 2. The molecule has 0 aliphatic rings. The zero-order valence-corrected chi connectivity index (χ0v) is 11.5. The molecular formula is C13H17F2NO2S. The van der Waals surface area contributed by atoms with Crippen LogP contribution in [0.15, 0.2) is 24.3 Å². The highest BCUT2D eigenvalue weighted by Gasteiger charge is 2.05. The zero-order chi connectivity index (χ0) is 14.1. The maximum Gasteiger partial charge on any atom is 0.387 e. The van der Waals surface area contributed by atoms with Gasteiger partial charge in [0.05, 0.1) is 5.75 Å². The number of hydrogen-bond donors (Lipinski definition) is 1. The van der Waals surface area contributed by atoms with Gasteiger partial charge in [0.25, 0.3) is 0 Å². The number of carbonyl (C=O) groups excluding carboxylic acids is 1. The van der Waals surface area contributed by atoms with Crippen molar-refractivity contribution in [3.63, 3.8) is 0 Å². The molecule has 1 rings (SSSR count). The van der Waals surface area contributed by atoms with Crippen molar-refractivity contribution >= 4 is 23.4 Å². The van der Waals surface area contributed by atoms with Gasteiger partial charge in [0.1, 0.15) is 5.75 Å². The number of thioether (sulfide) groups is 1. The SMILES string of the molecule is CCCCSCC(=O)Nc1ccc(OC(F)F)cc1. The molecule has 0 aliphatic carbocycles. The quantitative estimate of drug-likeness (QED) is 0.741. The minimum absolute atomic E-state index is 0.0744. The number of unbranched alkanes of at least 4 members (excludes halogenated alkanes) is 1. The van der Waals surface area contributed by atoms with Gasteiger partial charge in [-0.2, -0.15) is 20.5 Å². The number of benzene rings is 1. The summed E-state index contributed by atoms with van der Waals surface area (Å²) in [7, 11) is 0. The van der Waals surface area contributed by atoms with Crippen molar-refractivity contribution in [1.29, 1.82) is 0 Å². The minimum atomic E-state index is -2.84. The molecular weight excluding hydrogens is 272 g/mol. The molecule has 0 aliphatic heterocycles. The predicted octanol–water partition coefficient (Wildman–Crippen LogP) is 3.76. The average molecular weight is 289 g/mol. The first-order valence-electron chi connectivity index (χ1n) is 6.04. The van der Waals surface area contributed by atoms with Crippen molar-refractivity contribution in [2.75, 3.05) is 16.8 Å². The Bertz CT molecular complexity index is 385. The summed E-state index contributed by atoms with van der Waals surface area (Å²) in [4.78, 5) is 11.6. The number of rotatable bonds is 8. The first-order chi connectivity index (χ1) is 9.11. The summed E-state index contributed by atoms with van der Waals surface area (Å²) in [6.45, 7) is -0.737. The molecule has 0 fully saturated rings. The van der Waals surface area contributed by atoms with E-state index in [9.17, 15) is 13.6 Å². The molecule has 6 heteroatoms. The highest BCUT2D eigenvalue weighted by atomic mass is 32.2. The van der Waals surface area contributed by atoms with Crippen LogP contribution in [0.4, 0.5) is 14.5 Å². The molecule has 0 saturated carbocycles. The summed E-state index contributed by atoms with van der Waals surface area (Å²) in [6.07, 6.45) is 2.21. The first-order valence-corrected chi connectivity index (χ1v) is 7.19. The van der Waals surface area contributed by atoms with Gasteiger partial charge in [0.2, 0.25) is 5.91 Å². The number of halogens is 2. The standard InChI is InChI=1S/C13H17F2NO2S/c1-2-3-8-19-9-12(17)16-10-4-6-11(7-5-10)18-13(14)15/h4-7,13H,2-3,8-9H2,1H3,(H,16,17). The molecule has 1 N–H and O–H groups in total. The molecule has 1 aromatic carbocycles.